The fourth-order valence-electron chi connectivity index (χ4n) is 3.56. The molecule has 2 unspecified atom stereocenters. The van der Waals surface area contributed by atoms with E-state index < -0.39 is 6.10 Å². The van der Waals surface area contributed by atoms with E-state index in [0.717, 1.165) is 24.0 Å². The normalized spacial score (nSPS) is 18.3. The zero-order valence-corrected chi connectivity index (χ0v) is 17.5. The Morgan fingerprint density at radius 1 is 0.931 bits per heavy atom. The second kappa shape index (κ2) is 9.65. The number of β-lactam (4-membered cyclic amide) rings is 1. The van der Waals surface area contributed by atoms with Gasteiger partial charge in [0.25, 0.3) is 5.91 Å². The molecule has 0 N–H and O–H groups in total. The number of carbonyl (C=O) groups is 1. The Labute approximate surface area is 172 Å². The van der Waals surface area contributed by atoms with E-state index in [1.165, 1.54) is 0 Å². The van der Waals surface area contributed by atoms with Gasteiger partial charge in [-0.2, -0.15) is 0 Å². The molecule has 0 saturated carbocycles. The Bertz CT molecular complexity index is 821. The number of unbranched alkanes of at least 4 members (excludes halogenated alkanes) is 1. The first kappa shape index (κ1) is 21.0. The first-order valence-electron chi connectivity index (χ1n) is 9.83. The van der Waals surface area contributed by atoms with Crippen LogP contribution in [0.25, 0.3) is 0 Å². The number of ether oxygens (including phenoxy) is 4. The molecule has 0 aliphatic carbocycles. The van der Waals surface area contributed by atoms with Crippen molar-refractivity contribution in [1.29, 1.82) is 0 Å². The van der Waals surface area contributed by atoms with Gasteiger partial charge >= 0.3 is 0 Å². The Morgan fingerprint density at radius 3 is 2.31 bits per heavy atom. The van der Waals surface area contributed by atoms with Crippen LogP contribution in [0.15, 0.2) is 42.5 Å². The fraction of sp³-hybridized carbons (Fsp3) is 0.435. The number of carbonyl (C=O) groups excluding carboxylic acids is 1. The molecule has 1 saturated heterocycles. The van der Waals surface area contributed by atoms with Gasteiger partial charge in [-0.15, -0.1) is 0 Å². The predicted octanol–water partition coefficient (Wildman–Crippen LogP) is 3.77. The highest BCUT2D eigenvalue weighted by Crippen LogP contribution is 2.41. The number of hydrogen-bond acceptors (Lipinski definition) is 5. The second-order valence-corrected chi connectivity index (χ2v) is 7.14. The third-order valence-corrected chi connectivity index (χ3v) is 5.18. The number of benzene rings is 2. The second-order valence-electron chi connectivity index (χ2n) is 7.14. The smallest absolute Gasteiger partial charge is 0.266 e. The zero-order chi connectivity index (χ0) is 20.8. The molecule has 0 aromatic heterocycles. The molecule has 2 aromatic carbocycles. The summed E-state index contributed by atoms with van der Waals surface area (Å²) < 4.78 is 22.0. The molecule has 6 heteroatoms. The number of aryl methyl sites for hydroxylation is 1. The first-order chi connectivity index (χ1) is 14.1. The van der Waals surface area contributed by atoms with E-state index in [0.29, 0.717) is 30.4 Å². The van der Waals surface area contributed by atoms with E-state index in [9.17, 15) is 4.79 Å². The highest BCUT2D eigenvalue weighted by molar-refractivity contribution is 5.89. The quantitative estimate of drug-likeness (QED) is 0.450. The summed E-state index contributed by atoms with van der Waals surface area (Å²) >= 11 is 0. The van der Waals surface area contributed by atoms with E-state index in [2.05, 4.69) is 0 Å². The van der Waals surface area contributed by atoms with Gasteiger partial charge in [-0.1, -0.05) is 23.8 Å². The van der Waals surface area contributed by atoms with Crippen LogP contribution >= 0.6 is 0 Å². The van der Waals surface area contributed by atoms with Gasteiger partial charge in [0.1, 0.15) is 11.8 Å². The maximum absolute atomic E-state index is 12.9. The minimum Gasteiger partial charge on any atom is -0.493 e. The van der Waals surface area contributed by atoms with Crippen LogP contribution in [-0.4, -0.2) is 51.4 Å². The Kier molecular flexibility index (Phi) is 6.99. The Hall–Kier alpha value is -2.73. The van der Waals surface area contributed by atoms with E-state index in [4.69, 9.17) is 18.9 Å². The number of nitrogens with zero attached hydrogens (tertiary/aromatic N) is 1. The van der Waals surface area contributed by atoms with Gasteiger partial charge < -0.3 is 23.8 Å². The van der Waals surface area contributed by atoms with Crippen molar-refractivity contribution in [2.45, 2.75) is 31.9 Å². The molecule has 0 radical (unpaired) electrons. The molecule has 1 fully saturated rings. The van der Waals surface area contributed by atoms with Crippen molar-refractivity contribution >= 4 is 5.91 Å². The van der Waals surface area contributed by atoms with Crippen LogP contribution in [0.5, 0.6) is 17.2 Å². The molecule has 156 valence electrons. The number of rotatable bonds is 10. The highest BCUT2D eigenvalue weighted by atomic mass is 16.5. The van der Waals surface area contributed by atoms with Crippen LogP contribution in [0.1, 0.15) is 30.0 Å². The van der Waals surface area contributed by atoms with Gasteiger partial charge in [0, 0.05) is 20.3 Å². The van der Waals surface area contributed by atoms with Crippen molar-refractivity contribution < 1.29 is 23.7 Å². The standard InChI is InChI=1S/C23H29NO5/c1-16-7-10-18(11-8-16)29-22-21(24(23(22)25)13-5-6-14-26-2)17-9-12-19(27-3)20(15-17)28-4/h7-12,15,21-22H,5-6,13-14H2,1-4H3. The molecule has 0 bridgehead atoms. The topological polar surface area (TPSA) is 57.2 Å². The molecule has 2 atom stereocenters. The van der Waals surface area contributed by atoms with Gasteiger partial charge in [0.15, 0.2) is 11.5 Å². The van der Waals surface area contributed by atoms with E-state index in [-0.39, 0.29) is 11.9 Å². The molecule has 1 heterocycles. The number of methoxy groups -OCH3 is 3. The maximum Gasteiger partial charge on any atom is 0.266 e. The molecule has 0 spiro atoms. The average Bonchev–Trinajstić information content (AvgIpc) is 2.75. The van der Waals surface area contributed by atoms with Gasteiger partial charge in [0.2, 0.25) is 6.10 Å². The lowest BCUT2D eigenvalue weighted by molar-refractivity contribution is -0.164. The highest BCUT2D eigenvalue weighted by Gasteiger charge is 2.49. The van der Waals surface area contributed by atoms with Gasteiger partial charge in [-0.25, -0.2) is 0 Å². The Balaban J connectivity index is 1.83. The SMILES string of the molecule is COCCCCN1C(=O)C(Oc2ccc(C)cc2)C1c1ccc(OC)c(OC)c1. The lowest BCUT2D eigenvalue weighted by Gasteiger charge is -2.47. The van der Waals surface area contributed by atoms with Crippen molar-refractivity contribution in [2.75, 3.05) is 34.5 Å². The minimum atomic E-state index is -0.557. The largest absolute Gasteiger partial charge is 0.493 e. The van der Waals surface area contributed by atoms with Crippen LogP contribution < -0.4 is 14.2 Å². The fourth-order valence-corrected chi connectivity index (χ4v) is 3.56. The molecular formula is C23H29NO5. The van der Waals surface area contributed by atoms with Crippen LogP contribution in [0.4, 0.5) is 0 Å². The molecule has 1 aliphatic rings. The van der Waals surface area contributed by atoms with Crippen molar-refractivity contribution in [3.05, 3.63) is 53.6 Å². The van der Waals surface area contributed by atoms with Crippen molar-refractivity contribution in [3.63, 3.8) is 0 Å². The molecule has 2 aromatic rings. The summed E-state index contributed by atoms with van der Waals surface area (Å²) in [6.07, 6.45) is 1.22. The van der Waals surface area contributed by atoms with Crippen molar-refractivity contribution in [3.8, 4) is 17.2 Å². The molecule has 29 heavy (non-hydrogen) atoms. The Morgan fingerprint density at radius 2 is 1.66 bits per heavy atom. The third kappa shape index (κ3) is 4.65. The van der Waals surface area contributed by atoms with Crippen molar-refractivity contribution in [2.24, 2.45) is 0 Å². The number of hydrogen-bond donors (Lipinski definition) is 0. The molecule has 6 nitrogen and oxygen atoms in total. The summed E-state index contributed by atoms with van der Waals surface area (Å²) in [5.41, 5.74) is 2.11. The van der Waals surface area contributed by atoms with E-state index in [1.54, 1.807) is 21.3 Å². The number of likely N-dealkylation sites (tertiary alicyclic amines) is 1. The third-order valence-electron chi connectivity index (χ3n) is 5.18. The van der Waals surface area contributed by atoms with Crippen LogP contribution in [0.3, 0.4) is 0 Å². The van der Waals surface area contributed by atoms with Gasteiger partial charge in [-0.05, 0) is 49.6 Å². The minimum absolute atomic E-state index is 0.00257. The molecule has 1 aliphatic heterocycles. The lowest BCUT2D eigenvalue weighted by atomic mass is 9.89. The van der Waals surface area contributed by atoms with Crippen molar-refractivity contribution in [1.82, 2.24) is 4.90 Å². The summed E-state index contributed by atoms with van der Waals surface area (Å²) in [6.45, 7) is 3.37. The summed E-state index contributed by atoms with van der Waals surface area (Å²) in [5, 5.41) is 0. The average molecular weight is 399 g/mol. The first-order valence-corrected chi connectivity index (χ1v) is 9.83. The van der Waals surface area contributed by atoms with Gasteiger partial charge in [-0.3, -0.25) is 4.79 Å². The summed E-state index contributed by atoms with van der Waals surface area (Å²) in [7, 11) is 4.90. The maximum atomic E-state index is 12.9. The predicted molar refractivity (Wildman–Crippen MR) is 111 cm³/mol. The molecular weight excluding hydrogens is 370 g/mol. The van der Waals surface area contributed by atoms with Crippen LogP contribution in [0, 0.1) is 6.92 Å². The van der Waals surface area contributed by atoms with Crippen LogP contribution in [0.2, 0.25) is 0 Å². The summed E-state index contributed by atoms with van der Waals surface area (Å²) in [4.78, 5) is 14.7. The monoisotopic (exact) mass is 399 g/mol. The molecule has 1 amide bonds. The van der Waals surface area contributed by atoms with E-state index in [1.807, 2.05) is 54.3 Å². The van der Waals surface area contributed by atoms with E-state index >= 15 is 0 Å². The zero-order valence-electron chi connectivity index (χ0n) is 17.5. The van der Waals surface area contributed by atoms with Crippen LogP contribution in [-0.2, 0) is 9.53 Å². The summed E-state index contributed by atoms with van der Waals surface area (Å²) in [5.74, 6) is 1.99. The van der Waals surface area contributed by atoms with Gasteiger partial charge in [0.05, 0.1) is 14.2 Å². The molecule has 3 rings (SSSR count). The lowest BCUT2D eigenvalue weighted by Crippen LogP contribution is -2.61. The summed E-state index contributed by atoms with van der Waals surface area (Å²) in [6, 6.07) is 13.3. The number of amides is 1.